The van der Waals surface area contributed by atoms with Gasteiger partial charge in [0.2, 0.25) is 5.91 Å². The number of carbonyl (C=O) groups excluding carboxylic acids is 1. The van der Waals surface area contributed by atoms with Gasteiger partial charge in [0, 0.05) is 6.42 Å². The lowest BCUT2D eigenvalue weighted by molar-refractivity contribution is -0.870. The Hall–Kier alpha value is -1.80. The average Bonchev–Trinajstić information content (AvgIpc) is 3.16. The summed E-state index contributed by atoms with van der Waals surface area (Å²) in [5.41, 5.74) is 0. The first-order chi connectivity index (χ1) is 27.5. The molecular weight excluding hydrogens is 732 g/mol. The van der Waals surface area contributed by atoms with Crippen LogP contribution in [0.2, 0.25) is 0 Å². The number of aliphatic hydroxyl groups is 1. The minimum Gasteiger partial charge on any atom is -0.387 e. The number of hydrogen-bond acceptors (Lipinski definition) is 5. The van der Waals surface area contributed by atoms with Gasteiger partial charge in [0.1, 0.15) is 13.2 Å². The Bertz CT molecular complexity index is 1110. The van der Waals surface area contributed by atoms with Crippen LogP contribution in [0.25, 0.3) is 0 Å². The highest BCUT2D eigenvalue weighted by atomic mass is 31.2. The van der Waals surface area contributed by atoms with Crippen molar-refractivity contribution in [2.75, 3.05) is 40.9 Å². The van der Waals surface area contributed by atoms with E-state index in [0.29, 0.717) is 17.4 Å². The fraction of sp³-hybridized carbons (Fsp3) is 0.771. The number of nitrogens with zero attached hydrogens (tertiary/aromatic N) is 1. The molecule has 0 heterocycles. The van der Waals surface area contributed by atoms with Gasteiger partial charge >= 0.3 is 7.82 Å². The number of unbranched alkanes of at least 4 members (excludes halogenated alkanes) is 20. The second kappa shape index (κ2) is 39.6. The molecule has 57 heavy (non-hydrogen) atoms. The summed E-state index contributed by atoms with van der Waals surface area (Å²) < 4.78 is 23.5. The molecule has 3 unspecified atom stereocenters. The molecule has 0 spiro atoms. The van der Waals surface area contributed by atoms with Gasteiger partial charge in [-0.3, -0.25) is 13.8 Å². The van der Waals surface area contributed by atoms with Crippen LogP contribution < -0.4 is 5.32 Å². The Balaban J connectivity index is 4.51. The minimum atomic E-state index is -4.35. The van der Waals surface area contributed by atoms with Crippen molar-refractivity contribution in [2.24, 2.45) is 0 Å². The molecule has 0 saturated carbocycles. The third-order valence-electron chi connectivity index (χ3n) is 9.94. The summed E-state index contributed by atoms with van der Waals surface area (Å²) >= 11 is 0. The van der Waals surface area contributed by atoms with Crippen molar-refractivity contribution in [1.29, 1.82) is 0 Å². The molecule has 0 aromatic rings. The van der Waals surface area contributed by atoms with Crippen molar-refractivity contribution in [1.82, 2.24) is 5.32 Å². The lowest BCUT2D eigenvalue weighted by Gasteiger charge is -2.25. The molecule has 0 aliphatic heterocycles. The van der Waals surface area contributed by atoms with Crippen molar-refractivity contribution in [3.63, 3.8) is 0 Å². The fourth-order valence-electron chi connectivity index (χ4n) is 6.22. The molecule has 0 rings (SSSR count). The zero-order valence-electron chi connectivity index (χ0n) is 37.6. The van der Waals surface area contributed by atoms with E-state index in [4.69, 9.17) is 9.05 Å². The summed E-state index contributed by atoms with van der Waals surface area (Å²) in [6, 6.07) is -0.875. The fourth-order valence-corrected chi connectivity index (χ4v) is 6.95. The van der Waals surface area contributed by atoms with E-state index in [0.717, 1.165) is 64.2 Å². The van der Waals surface area contributed by atoms with Gasteiger partial charge in [-0.15, -0.1) is 0 Å². The quantitative estimate of drug-likeness (QED) is 0.0245. The van der Waals surface area contributed by atoms with Crippen LogP contribution in [-0.4, -0.2) is 73.4 Å². The maximum atomic E-state index is 12.9. The number of rotatable bonds is 41. The molecule has 3 atom stereocenters. The largest absolute Gasteiger partial charge is 0.472 e. The molecule has 9 heteroatoms. The van der Waals surface area contributed by atoms with Crippen molar-refractivity contribution in [3.05, 3.63) is 60.8 Å². The monoisotopic (exact) mass is 822 g/mol. The lowest BCUT2D eigenvalue weighted by atomic mass is 10.1. The number of hydrogen-bond donors (Lipinski definition) is 3. The van der Waals surface area contributed by atoms with Crippen molar-refractivity contribution >= 4 is 13.7 Å². The highest BCUT2D eigenvalue weighted by Crippen LogP contribution is 2.43. The van der Waals surface area contributed by atoms with Crippen LogP contribution in [0.5, 0.6) is 0 Å². The predicted molar refractivity (Wildman–Crippen MR) is 244 cm³/mol. The van der Waals surface area contributed by atoms with Gasteiger partial charge in [0.15, 0.2) is 0 Å². The van der Waals surface area contributed by atoms with Gasteiger partial charge in [-0.2, -0.15) is 0 Å². The smallest absolute Gasteiger partial charge is 0.387 e. The maximum Gasteiger partial charge on any atom is 0.472 e. The lowest BCUT2D eigenvalue weighted by Crippen LogP contribution is -2.45. The molecule has 3 N–H and O–H groups in total. The Labute approximate surface area is 351 Å². The molecule has 0 aliphatic rings. The van der Waals surface area contributed by atoms with E-state index in [1.807, 2.05) is 27.2 Å². The Kier molecular flexibility index (Phi) is 38.4. The third-order valence-corrected chi connectivity index (χ3v) is 10.9. The van der Waals surface area contributed by atoms with Crippen molar-refractivity contribution in [3.8, 4) is 0 Å². The van der Waals surface area contributed by atoms with E-state index in [2.05, 4.69) is 67.8 Å². The number of likely N-dealkylation sites (N-methyl/N-ethyl adjacent to an activating group) is 1. The predicted octanol–water partition coefficient (Wildman–Crippen LogP) is 13.0. The molecule has 0 aromatic heterocycles. The summed E-state index contributed by atoms with van der Waals surface area (Å²) in [5.74, 6) is -0.202. The molecule has 0 bridgehead atoms. The zero-order chi connectivity index (χ0) is 42.1. The SMILES string of the molecule is CCCCC/C=C\C/C=C\CCCCCCCCCC(=O)NC(COP(=O)(O)OCC[N+](C)(C)C)C(O)/C=C/CC/C=C/CC/C=C/CCCCCCCCCC. The standard InChI is InChI=1S/C48H89N2O6P/c1-6-8-10-12-14-16-18-20-22-24-26-27-29-31-33-35-37-39-41-47(51)46(45-56-57(53,54)55-44-43-50(3,4)5)49-48(52)42-40-38-36-34-32-30-28-25-23-21-19-17-15-13-11-9-7-2/h15,17,21,23-24,26,31,33,39,41,46-47,51H,6-14,16,18-20,22,25,27-30,32,34-38,40,42-45H2,1-5H3,(H-,49,52,53,54)/p+1/b17-15-,23-21-,26-24+,33-31+,41-39+. The number of phosphoric ester groups is 1. The summed E-state index contributed by atoms with van der Waals surface area (Å²) in [5, 5.41) is 13.8. The average molecular weight is 822 g/mol. The number of nitrogens with one attached hydrogen (secondary N) is 1. The highest BCUT2D eigenvalue weighted by molar-refractivity contribution is 7.47. The summed E-state index contributed by atoms with van der Waals surface area (Å²) in [7, 11) is 1.53. The Morgan fingerprint density at radius 3 is 1.54 bits per heavy atom. The number of quaternary nitrogens is 1. The maximum absolute atomic E-state index is 12.9. The molecule has 0 aromatic carbocycles. The van der Waals surface area contributed by atoms with Crippen LogP contribution in [0.15, 0.2) is 60.8 Å². The second-order valence-corrected chi connectivity index (χ2v) is 18.2. The van der Waals surface area contributed by atoms with E-state index in [1.54, 1.807) is 6.08 Å². The van der Waals surface area contributed by atoms with E-state index >= 15 is 0 Å². The van der Waals surface area contributed by atoms with E-state index in [1.165, 1.54) is 103 Å². The molecule has 0 saturated heterocycles. The number of allylic oxidation sites excluding steroid dienone is 9. The van der Waals surface area contributed by atoms with E-state index in [-0.39, 0.29) is 19.1 Å². The van der Waals surface area contributed by atoms with Crippen LogP contribution in [0.3, 0.4) is 0 Å². The van der Waals surface area contributed by atoms with Crippen LogP contribution >= 0.6 is 7.82 Å². The molecule has 8 nitrogen and oxygen atoms in total. The normalized spacial score (nSPS) is 14.9. The van der Waals surface area contributed by atoms with Crippen LogP contribution in [0.1, 0.15) is 187 Å². The first-order valence-electron chi connectivity index (χ1n) is 23.2. The van der Waals surface area contributed by atoms with Gasteiger partial charge in [-0.25, -0.2) is 4.57 Å². The van der Waals surface area contributed by atoms with E-state index in [9.17, 15) is 19.4 Å². The number of aliphatic hydroxyl groups excluding tert-OH is 1. The van der Waals surface area contributed by atoms with Gasteiger partial charge in [0.25, 0.3) is 0 Å². The van der Waals surface area contributed by atoms with Crippen LogP contribution in [0, 0.1) is 0 Å². The van der Waals surface area contributed by atoms with E-state index < -0.39 is 20.0 Å². The molecule has 0 aliphatic carbocycles. The summed E-state index contributed by atoms with van der Waals surface area (Å²) in [6.45, 7) is 4.74. The molecule has 0 fully saturated rings. The number of carbonyl (C=O) groups is 1. The topological polar surface area (TPSA) is 105 Å². The van der Waals surface area contributed by atoms with Gasteiger partial charge in [-0.1, -0.05) is 164 Å². The Morgan fingerprint density at radius 2 is 1.02 bits per heavy atom. The minimum absolute atomic E-state index is 0.0496. The van der Waals surface area contributed by atoms with Crippen molar-refractivity contribution in [2.45, 2.75) is 199 Å². The molecule has 0 radical (unpaired) electrons. The summed E-state index contributed by atoms with van der Waals surface area (Å²) in [6.07, 6.45) is 51.5. The number of phosphoric acid groups is 1. The number of amides is 1. The van der Waals surface area contributed by atoms with Gasteiger partial charge in [0.05, 0.1) is 39.9 Å². The highest BCUT2D eigenvalue weighted by Gasteiger charge is 2.27. The second-order valence-electron chi connectivity index (χ2n) is 16.8. The van der Waals surface area contributed by atoms with Gasteiger partial charge < -0.3 is 19.8 Å². The van der Waals surface area contributed by atoms with Crippen LogP contribution in [-0.2, 0) is 18.4 Å². The van der Waals surface area contributed by atoms with Gasteiger partial charge in [-0.05, 0) is 77.0 Å². The molecule has 332 valence electrons. The molecular formula is C48H90N2O6P+. The first-order valence-corrected chi connectivity index (χ1v) is 24.7. The van der Waals surface area contributed by atoms with Crippen LogP contribution in [0.4, 0.5) is 0 Å². The summed E-state index contributed by atoms with van der Waals surface area (Å²) in [4.78, 5) is 23.1. The van der Waals surface area contributed by atoms with Crippen molar-refractivity contribution < 1.29 is 32.9 Å². The zero-order valence-corrected chi connectivity index (χ0v) is 38.5. The Morgan fingerprint density at radius 1 is 0.596 bits per heavy atom. The first kappa shape index (κ1) is 55.2. The molecule has 1 amide bonds. The third kappa shape index (κ3) is 42.1.